The number of aromatic nitrogens is 1. The summed E-state index contributed by atoms with van der Waals surface area (Å²) in [6, 6.07) is 1.33. The molecule has 0 bridgehead atoms. The Bertz CT molecular complexity index is 272. The summed E-state index contributed by atoms with van der Waals surface area (Å²) in [6.45, 7) is 0. The van der Waals surface area contributed by atoms with Gasteiger partial charge in [-0.3, -0.25) is 4.79 Å². The fourth-order valence-corrected chi connectivity index (χ4v) is 0.648. The first-order valence-electron chi connectivity index (χ1n) is 2.96. The van der Waals surface area contributed by atoms with Gasteiger partial charge in [-0.1, -0.05) is 0 Å². The lowest BCUT2D eigenvalue weighted by Gasteiger charge is -1.99. The molecule has 0 amide bonds. The number of hydrogen-bond donors (Lipinski definition) is 1. The average molecular weight is 153 g/mol. The van der Waals surface area contributed by atoms with E-state index in [2.05, 4.69) is 4.98 Å². The number of carbonyl (C=O) groups excluding carboxylic acids is 1. The molecule has 0 spiro atoms. The number of carbonyl (C=O) groups is 1. The smallest absolute Gasteiger partial charge is 0.172 e. The van der Waals surface area contributed by atoms with Gasteiger partial charge >= 0.3 is 0 Å². The lowest BCUT2D eigenvalue weighted by Crippen LogP contribution is -1.89. The molecule has 4 nitrogen and oxygen atoms in total. The number of nitrogens with zero attached hydrogens (tertiary/aromatic N) is 1. The lowest BCUT2D eigenvalue weighted by atomic mass is 10.3. The molecular formula is C7H7NO3. The molecule has 0 saturated heterocycles. The zero-order valence-electron chi connectivity index (χ0n) is 5.94. The summed E-state index contributed by atoms with van der Waals surface area (Å²) >= 11 is 0. The molecule has 1 aromatic rings. The van der Waals surface area contributed by atoms with Crippen molar-refractivity contribution >= 4 is 6.29 Å². The molecule has 0 unspecified atom stereocenters. The highest BCUT2D eigenvalue weighted by molar-refractivity contribution is 5.76. The largest absolute Gasteiger partial charge is 0.505 e. The molecule has 0 aromatic carbocycles. The summed E-state index contributed by atoms with van der Waals surface area (Å²) in [6.07, 6.45) is 1.85. The average Bonchev–Trinajstić information content (AvgIpc) is 2.04. The van der Waals surface area contributed by atoms with E-state index < -0.39 is 0 Å². The van der Waals surface area contributed by atoms with Crippen molar-refractivity contribution in [1.29, 1.82) is 0 Å². The van der Waals surface area contributed by atoms with Gasteiger partial charge in [0.15, 0.2) is 6.29 Å². The Hall–Kier alpha value is -1.58. The van der Waals surface area contributed by atoms with Crippen LogP contribution in [0.15, 0.2) is 12.3 Å². The van der Waals surface area contributed by atoms with E-state index in [-0.39, 0.29) is 11.4 Å². The van der Waals surface area contributed by atoms with Crippen molar-refractivity contribution in [1.82, 2.24) is 4.98 Å². The number of ether oxygens (including phenoxy) is 1. The highest BCUT2D eigenvalue weighted by Crippen LogP contribution is 2.18. The van der Waals surface area contributed by atoms with Crippen LogP contribution in [0.25, 0.3) is 0 Å². The van der Waals surface area contributed by atoms with Crippen molar-refractivity contribution in [2.45, 2.75) is 0 Å². The molecule has 0 aliphatic carbocycles. The van der Waals surface area contributed by atoms with Gasteiger partial charge in [0.25, 0.3) is 0 Å². The SMILES string of the molecule is COc1cnc(C=O)c(O)c1. The second kappa shape index (κ2) is 3.01. The quantitative estimate of drug-likeness (QED) is 0.632. The van der Waals surface area contributed by atoms with Gasteiger partial charge in [0.2, 0.25) is 0 Å². The van der Waals surface area contributed by atoms with Crippen molar-refractivity contribution in [2.75, 3.05) is 7.11 Å². The van der Waals surface area contributed by atoms with Gasteiger partial charge in [-0.25, -0.2) is 4.98 Å². The fourth-order valence-electron chi connectivity index (χ4n) is 0.648. The molecule has 0 fully saturated rings. The van der Waals surface area contributed by atoms with Crippen LogP contribution in [-0.4, -0.2) is 23.5 Å². The predicted octanol–water partition coefficient (Wildman–Crippen LogP) is 0.608. The third-order valence-electron chi connectivity index (χ3n) is 1.22. The van der Waals surface area contributed by atoms with Crippen LogP contribution in [-0.2, 0) is 0 Å². The number of hydrogen-bond acceptors (Lipinski definition) is 4. The maximum Gasteiger partial charge on any atom is 0.172 e. The third-order valence-corrected chi connectivity index (χ3v) is 1.22. The molecular weight excluding hydrogens is 146 g/mol. The van der Waals surface area contributed by atoms with Crippen LogP contribution in [0.2, 0.25) is 0 Å². The Morgan fingerprint density at radius 3 is 2.91 bits per heavy atom. The van der Waals surface area contributed by atoms with Crippen LogP contribution >= 0.6 is 0 Å². The van der Waals surface area contributed by atoms with E-state index in [1.165, 1.54) is 19.4 Å². The molecule has 0 radical (unpaired) electrons. The number of aldehydes is 1. The molecule has 0 aliphatic rings. The van der Waals surface area contributed by atoms with E-state index >= 15 is 0 Å². The minimum absolute atomic E-state index is 0.0193. The van der Waals surface area contributed by atoms with E-state index in [0.29, 0.717) is 12.0 Å². The zero-order chi connectivity index (χ0) is 8.27. The third kappa shape index (κ3) is 1.46. The van der Waals surface area contributed by atoms with Crippen LogP contribution in [0.5, 0.6) is 11.5 Å². The molecule has 1 aromatic heterocycles. The Morgan fingerprint density at radius 2 is 2.45 bits per heavy atom. The molecule has 11 heavy (non-hydrogen) atoms. The van der Waals surface area contributed by atoms with Gasteiger partial charge in [-0.2, -0.15) is 0 Å². The van der Waals surface area contributed by atoms with Crippen LogP contribution in [0.3, 0.4) is 0 Å². The molecule has 58 valence electrons. The molecule has 1 heterocycles. The minimum Gasteiger partial charge on any atom is -0.505 e. The maximum atomic E-state index is 10.2. The van der Waals surface area contributed by atoms with Crippen LogP contribution in [0.1, 0.15) is 10.5 Å². The van der Waals surface area contributed by atoms with Crippen LogP contribution in [0, 0.1) is 0 Å². The van der Waals surface area contributed by atoms with E-state index in [1.807, 2.05) is 0 Å². The first kappa shape index (κ1) is 7.53. The van der Waals surface area contributed by atoms with Gasteiger partial charge in [-0.15, -0.1) is 0 Å². The molecule has 1 rings (SSSR count). The first-order valence-corrected chi connectivity index (χ1v) is 2.96. The molecule has 1 N–H and O–H groups in total. The number of rotatable bonds is 2. The number of methoxy groups -OCH3 is 1. The van der Waals surface area contributed by atoms with E-state index in [9.17, 15) is 4.79 Å². The minimum atomic E-state index is -0.167. The Balaban J connectivity index is 3.09. The number of aromatic hydroxyl groups is 1. The van der Waals surface area contributed by atoms with Gasteiger partial charge < -0.3 is 9.84 Å². The van der Waals surface area contributed by atoms with Crippen molar-refractivity contribution in [3.8, 4) is 11.5 Å². The summed E-state index contributed by atoms with van der Waals surface area (Å²) in [4.78, 5) is 13.8. The van der Waals surface area contributed by atoms with Gasteiger partial charge in [-0.05, 0) is 0 Å². The highest BCUT2D eigenvalue weighted by atomic mass is 16.5. The molecule has 0 aliphatic heterocycles. The number of pyridine rings is 1. The second-order valence-electron chi connectivity index (χ2n) is 1.90. The summed E-state index contributed by atoms with van der Waals surface area (Å²) in [5.74, 6) is 0.257. The Morgan fingerprint density at radius 1 is 1.73 bits per heavy atom. The summed E-state index contributed by atoms with van der Waals surface area (Å²) in [7, 11) is 1.46. The molecule has 0 saturated carbocycles. The van der Waals surface area contributed by atoms with Gasteiger partial charge in [0.1, 0.15) is 17.2 Å². The summed E-state index contributed by atoms with van der Waals surface area (Å²) < 4.78 is 4.76. The van der Waals surface area contributed by atoms with Crippen LogP contribution in [0.4, 0.5) is 0 Å². The topological polar surface area (TPSA) is 59.4 Å². The Labute approximate surface area is 63.5 Å². The summed E-state index contributed by atoms with van der Waals surface area (Å²) in [5, 5.41) is 9.05. The van der Waals surface area contributed by atoms with E-state index in [0.717, 1.165) is 0 Å². The van der Waals surface area contributed by atoms with E-state index in [1.54, 1.807) is 0 Å². The normalized spacial score (nSPS) is 9.18. The first-order chi connectivity index (χ1) is 5.27. The Kier molecular flexibility index (Phi) is 2.06. The van der Waals surface area contributed by atoms with Gasteiger partial charge in [0, 0.05) is 6.07 Å². The van der Waals surface area contributed by atoms with Crippen molar-refractivity contribution in [3.05, 3.63) is 18.0 Å². The zero-order valence-corrected chi connectivity index (χ0v) is 5.94. The fraction of sp³-hybridized carbons (Fsp3) is 0.143. The van der Waals surface area contributed by atoms with E-state index in [4.69, 9.17) is 9.84 Å². The standard InChI is InChI=1S/C7H7NO3/c1-11-5-2-7(10)6(4-9)8-3-5/h2-4,10H,1H3. The van der Waals surface area contributed by atoms with Crippen molar-refractivity contribution < 1.29 is 14.6 Å². The molecule has 4 heteroatoms. The molecule has 0 atom stereocenters. The highest BCUT2D eigenvalue weighted by Gasteiger charge is 2.01. The lowest BCUT2D eigenvalue weighted by molar-refractivity contribution is 0.111. The van der Waals surface area contributed by atoms with Crippen molar-refractivity contribution in [3.63, 3.8) is 0 Å². The monoisotopic (exact) mass is 153 g/mol. The van der Waals surface area contributed by atoms with Crippen LogP contribution < -0.4 is 4.74 Å². The summed E-state index contributed by atoms with van der Waals surface area (Å²) in [5.41, 5.74) is 0.0193. The predicted molar refractivity (Wildman–Crippen MR) is 37.8 cm³/mol. The second-order valence-corrected chi connectivity index (χ2v) is 1.90. The maximum absolute atomic E-state index is 10.2. The van der Waals surface area contributed by atoms with Gasteiger partial charge in [0.05, 0.1) is 13.3 Å². The van der Waals surface area contributed by atoms with Crippen molar-refractivity contribution in [2.24, 2.45) is 0 Å².